The van der Waals surface area contributed by atoms with Crippen LogP contribution in [0.2, 0.25) is 0 Å². The predicted octanol–water partition coefficient (Wildman–Crippen LogP) is 9.30. The monoisotopic (exact) mass is 442 g/mol. The number of rotatable bonds is 1. The summed E-state index contributed by atoms with van der Waals surface area (Å²) in [5.41, 5.74) is 3.16. The molecule has 2 aromatic carbocycles. The Balaban J connectivity index is 1.90. The van der Waals surface area contributed by atoms with E-state index in [1.165, 1.54) is 39.2 Å². The molecule has 0 bridgehead atoms. The third-order valence-corrected chi connectivity index (χ3v) is 9.79. The maximum absolute atomic E-state index is 2.36. The third-order valence-electron chi connectivity index (χ3n) is 4.67. The summed E-state index contributed by atoms with van der Waals surface area (Å²) < 4.78 is 2.89. The molecule has 0 unspecified atom stereocenters. The van der Waals surface area contributed by atoms with Crippen molar-refractivity contribution >= 4 is 47.0 Å². The Morgan fingerprint density at radius 1 is 0.500 bits per heavy atom. The van der Waals surface area contributed by atoms with Gasteiger partial charge in [0.15, 0.2) is 0 Å². The van der Waals surface area contributed by atoms with Crippen LogP contribution in [0.25, 0.3) is 0 Å². The summed E-state index contributed by atoms with van der Waals surface area (Å²) in [6, 6.07) is 17.6. The number of benzene rings is 2. The molecule has 2 aromatic rings. The van der Waals surface area contributed by atoms with E-state index in [0.29, 0.717) is 0 Å². The smallest absolute Gasteiger partial charge is 0.0540 e. The Bertz CT molecular complexity index is 849. The molecular formula is C24H26S4. The van der Waals surface area contributed by atoms with Crippen LogP contribution < -0.4 is 0 Å². The van der Waals surface area contributed by atoms with Crippen molar-refractivity contribution in [3.8, 4) is 0 Å². The van der Waals surface area contributed by atoms with Crippen LogP contribution in [-0.4, -0.2) is 0 Å². The van der Waals surface area contributed by atoms with Crippen molar-refractivity contribution in [1.29, 1.82) is 0 Å². The lowest BCUT2D eigenvalue weighted by Gasteiger charge is -2.35. The van der Waals surface area contributed by atoms with Gasteiger partial charge in [0.2, 0.25) is 0 Å². The summed E-state index contributed by atoms with van der Waals surface area (Å²) in [6.45, 7) is 14.2. The summed E-state index contributed by atoms with van der Waals surface area (Å²) >= 11 is 7.79. The van der Waals surface area contributed by atoms with Gasteiger partial charge < -0.3 is 0 Å². The second-order valence-electron chi connectivity index (χ2n) is 9.13. The summed E-state index contributed by atoms with van der Waals surface area (Å²) in [5.74, 6) is 0. The Morgan fingerprint density at radius 3 is 0.964 bits per heavy atom. The highest BCUT2D eigenvalue weighted by molar-refractivity contribution is 8.25. The summed E-state index contributed by atoms with van der Waals surface area (Å²) in [5, 5.41) is 0. The zero-order valence-electron chi connectivity index (χ0n) is 17.3. The van der Waals surface area contributed by atoms with E-state index >= 15 is 0 Å². The molecule has 28 heavy (non-hydrogen) atoms. The number of thioether (sulfide) groups is 4. The van der Waals surface area contributed by atoms with Crippen molar-refractivity contribution in [2.75, 3.05) is 0 Å². The fourth-order valence-electron chi connectivity index (χ4n) is 3.45. The van der Waals surface area contributed by atoms with Crippen molar-refractivity contribution < 1.29 is 0 Å². The first-order valence-electron chi connectivity index (χ1n) is 9.54. The fraction of sp³-hybridized carbons (Fsp3) is 0.333. The molecule has 0 N–H and O–H groups in total. The van der Waals surface area contributed by atoms with Gasteiger partial charge in [-0.2, -0.15) is 0 Å². The van der Waals surface area contributed by atoms with Crippen molar-refractivity contribution in [3.05, 3.63) is 68.2 Å². The van der Waals surface area contributed by atoms with E-state index in [-0.39, 0.29) is 10.8 Å². The van der Waals surface area contributed by atoms with E-state index < -0.39 is 0 Å². The van der Waals surface area contributed by atoms with Gasteiger partial charge >= 0.3 is 0 Å². The molecule has 0 amide bonds. The second-order valence-corrected chi connectivity index (χ2v) is 13.9. The van der Waals surface area contributed by atoms with Gasteiger partial charge in [0, 0.05) is 19.6 Å². The minimum atomic E-state index is 0.0723. The fourth-order valence-corrected chi connectivity index (χ4v) is 9.46. The molecule has 0 saturated heterocycles. The number of fused-ring (bicyclic) bond motifs is 2. The van der Waals surface area contributed by atoms with E-state index in [1.807, 2.05) is 47.0 Å². The standard InChI is InChI=1S/C24H26S4/c1-23(2,3)19(21-25-15-11-7-8-12-16(15)26-21)20(24(4,5)6)22-27-17-13-9-10-14-18(17)28-22/h7-14H,1-6H3. The first-order valence-corrected chi connectivity index (χ1v) is 12.8. The maximum Gasteiger partial charge on any atom is 0.0540 e. The van der Waals surface area contributed by atoms with Gasteiger partial charge in [-0.15, -0.1) is 0 Å². The lowest BCUT2D eigenvalue weighted by molar-refractivity contribution is 0.446. The SMILES string of the molecule is CC(C)(C)C(=C1Sc2ccccc2S1)C(=C1Sc2ccccc2S1)C(C)(C)C. The van der Waals surface area contributed by atoms with Gasteiger partial charge in [0.1, 0.15) is 0 Å². The number of hydrogen-bond donors (Lipinski definition) is 0. The molecule has 0 spiro atoms. The largest absolute Gasteiger partial charge is 0.0812 e. The predicted molar refractivity (Wildman–Crippen MR) is 129 cm³/mol. The molecule has 0 aromatic heterocycles. The molecule has 0 aliphatic carbocycles. The molecule has 2 aliphatic heterocycles. The van der Waals surface area contributed by atoms with Crippen molar-refractivity contribution in [2.45, 2.75) is 61.1 Å². The number of allylic oxidation sites excluding steroid dienone is 2. The molecule has 0 radical (unpaired) electrons. The second kappa shape index (κ2) is 7.54. The van der Waals surface area contributed by atoms with E-state index in [2.05, 4.69) is 90.1 Å². The quantitative estimate of drug-likeness (QED) is 0.431. The molecule has 2 heterocycles. The Kier molecular flexibility index (Phi) is 5.54. The highest BCUT2D eigenvalue weighted by atomic mass is 32.2. The zero-order chi connectivity index (χ0) is 20.1. The van der Waals surface area contributed by atoms with Crippen molar-refractivity contribution in [1.82, 2.24) is 0 Å². The van der Waals surface area contributed by atoms with Crippen LogP contribution in [0.15, 0.2) is 87.7 Å². The van der Waals surface area contributed by atoms with E-state index in [0.717, 1.165) is 0 Å². The highest BCUT2D eigenvalue weighted by Crippen LogP contribution is 2.61. The summed E-state index contributed by atoms with van der Waals surface area (Å²) in [7, 11) is 0. The van der Waals surface area contributed by atoms with Crippen LogP contribution in [0.3, 0.4) is 0 Å². The lowest BCUT2D eigenvalue weighted by atomic mass is 9.74. The van der Waals surface area contributed by atoms with Crippen LogP contribution in [0.5, 0.6) is 0 Å². The lowest BCUT2D eigenvalue weighted by Crippen LogP contribution is -2.22. The van der Waals surface area contributed by atoms with E-state index in [9.17, 15) is 0 Å². The minimum absolute atomic E-state index is 0.0723. The minimum Gasteiger partial charge on any atom is -0.0812 e. The highest BCUT2D eigenvalue weighted by Gasteiger charge is 2.37. The molecule has 4 heteroatoms. The van der Waals surface area contributed by atoms with Gasteiger partial charge in [0.25, 0.3) is 0 Å². The van der Waals surface area contributed by atoms with Crippen molar-refractivity contribution in [3.63, 3.8) is 0 Å². The van der Waals surface area contributed by atoms with Gasteiger partial charge in [-0.3, -0.25) is 0 Å². The third kappa shape index (κ3) is 3.98. The van der Waals surface area contributed by atoms with Crippen molar-refractivity contribution in [2.24, 2.45) is 10.8 Å². The van der Waals surface area contributed by atoms with Gasteiger partial charge in [-0.05, 0) is 46.2 Å². The van der Waals surface area contributed by atoms with Gasteiger partial charge in [0.05, 0.1) is 8.47 Å². The van der Waals surface area contributed by atoms with Gasteiger partial charge in [-0.25, -0.2) is 0 Å². The molecule has 2 aliphatic rings. The molecule has 0 saturated carbocycles. The van der Waals surface area contributed by atoms with Crippen LogP contribution in [0, 0.1) is 10.8 Å². The molecular weight excluding hydrogens is 417 g/mol. The molecule has 0 fully saturated rings. The Morgan fingerprint density at radius 2 is 0.750 bits per heavy atom. The van der Waals surface area contributed by atoms with E-state index in [4.69, 9.17) is 0 Å². The topological polar surface area (TPSA) is 0 Å². The van der Waals surface area contributed by atoms with Crippen LogP contribution in [0.1, 0.15) is 41.5 Å². The Hall–Kier alpha value is -0.680. The molecule has 0 nitrogen and oxygen atoms in total. The first-order chi connectivity index (χ1) is 13.1. The molecule has 146 valence electrons. The van der Waals surface area contributed by atoms with E-state index in [1.54, 1.807) is 0 Å². The van der Waals surface area contributed by atoms with Crippen LogP contribution in [0.4, 0.5) is 0 Å². The van der Waals surface area contributed by atoms with Gasteiger partial charge in [-0.1, -0.05) is 113 Å². The Labute approximate surface area is 186 Å². The molecule has 4 rings (SSSR count). The molecule has 0 atom stereocenters. The number of hydrogen-bond acceptors (Lipinski definition) is 4. The summed E-state index contributed by atoms with van der Waals surface area (Å²) in [4.78, 5) is 5.55. The zero-order valence-corrected chi connectivity index (χ0v) is 20.5. The normalized spacial score (nSPS) is 16.2. The van der Waals surface area contributed by atoms with Crippen LogP contribution in [-0.2, 0) is 0 Å². The average Bonchev–Trinajstić information content (AvgIpc) is 3.20. The maximum atomic E-state index is 2.36. The first kappa shape index (κ1) is 20.6. The average molecular weight is 443 g/mol. The summed E-state index contributed by atoms with van der Waals surface area (Å²) in [6.07, 6.45) is 0. The van der Waals surface area contributed by atoms with Crippen LogP contribution >= 0.6 is 47.0 Å².